The van der Waals surface area contributed by atoms with Gasteiger partial charge in [-0.25, -0.2) is 0 Å². The Morgan fingerprint density at radius 3 is 2.55 bits per heavy atom. The summed E-state index contributed by atoms with van der Waals surface area (Å²) < 4.78 is 5.46. The first-order valence-electron chi connectivity index (χ1n) is 9.10. The highest BCUT2D eigenvalue weighted by Gasteiger charge is 2.14. The molecule has 0 unspecified atom stereocenters. The third kappa shape index (κ3) is 4.30. The highest BCUT2D eigenvalue weighted by Crippen LogP contribution is 2.29. The maximum absolute atomic E-state index is 12.5. The van der Waals surface area contributed by atoms with E-state index in [1.807, 2.05) is 42.5 Å². The van der Waals surface area contributed by atoms with Crippen LogP contribution in [0.15, 0.2) is 77.4 Å². The van der Waals surface area contributed by atoms with Crippen LogP contribution in [0.5, 0.6) is 0 Å². The number of carbonyl (C=O) groups excluding carboxylic acids is 2. The maximum Gasteiger partial charge on any atom is 0.251 e. The van der Waals surface area contributed by atoms with Crippen molar-refractivity contribution in [2.24, 2.45) is 0 Å². The molecule has 0 atom stereocenters. The Bertz CT molecular complexity index is 1140. The van der Waals surface area contributed by atoms with Crippen molar-refractivity contribution in [1.29, 1.82) is 0 Å². The van der Waals surface area contributed by atoms with Gasteiger partial charge >= 0.3 is 0 Å². The Kier molecular flexibility index (Phi) is 5.29. The third-order valence-corrected chi connectivity index (χ3v) is 4.38. The Hall–Kier alpha value is -4.00. The van der Waals surface area contributed by atoms with E-state index in [0.29, 0.717) is 23.4 Å². The molecule has 7 heteroatoms. The van der Waals surface area contributed by atoms with E-state index in [0.717, 1.165) is 16.6 Å². The second kappa shape index (κ2) is 8.35. The zero-order valence-corrected chi connectivity index (χ0v) is 15.5. The lowest BCUT2D eigenvalue weighted by Gasteiger charge is -2.07. The molecule has 0 aliphatic heterocycles. The summed E-state index contributed by atoms with van der Waals surface area (Å²) in [5, 5.41) is 10.1. The van der Waals surface area contributed by atoms with Crippen molar-refractivity contribution in [2.75, 3.05) is 6.54 Å². The first-order valence-corrected chi connectivity index (χ1v) is 9.10. The van der Waals surface area contributed by atoms with Gasteiger partial charge in [0.1, 0.15) is 5.52 Å². The van der Waals surface area contributed by atoms with Crippen molar-refractivity contribution >= 4 is 22.7 Å². The Morgan fingerprint density at radius 1 is 0.931 bits per heavy atom. The van der Waals surface area contributed by atoms with Crippen LogP contribution < -0.4 is 10.6 Å². The zero-order chi connectivity index (χ0) is 20.1. The number of aromatic nitrogens is 2. The number of fused-ring (bicyclic) bond motifs is 1. The van der Waals surface area contributed by atoms with E-state index in [-0.39, 0.29) is 18.4 Å². The Morgan fingerprint density at radius 2 is 1.76 bits per heavy atom. The molecule has 0 aliphatic rings. The van der Waals surface area contributed by atoms with Gasteiger partial charge in [0.2, 0.25) is 5.91 Å². The highest BCUT2D eigenvalue weighted by atomic mass is 16.5. The largest absolute Gasteiger partial charge is 0.355 e. The first kappa shape index (κ1) is 18.4. The van der Waals surface area contributed by atoms with Gasteiger partial charge in [-0.1, -0.05) is 41.6 Å². The number of pyridine rings is 1. The average Bonchev–Trinajstić information content (AvgIpc) is 3.20. The van der Waals surface area contributed by atoms with Gasteiger partial charge in [0.25, 0.3) is 5.91 Å². The summed E-state index contributed by atoms with van der Waals surface area (Å²) >= 11 is 0. The molecular weight excluding hydrogens is 368 g/mol. The molecule has 0 aliphatic carbocycles. The van der Waals surface area contributed by atoms with Crippen LogP contribution in [0, 0.1) is 0 Å². The quantitative estimate of drug-likeness (QED) is 0.531. The van der Waals surface area contributed by atoms with E-state index < -0.39 is 0 Å². The topological polar surface area (TPSA) is 97.1 Å². The van der Waals surface area contributed by atoms with Gasteiger partial charge in [0.15, 0.2) is 5.76 Å². The number of amides is 2. The molecule has 29 heavy (non-hydrogen) atoms. The normalized spacial score (nSPS) is 10.6. The number of benzene rings is 2. The van der Waals surface area contributed by atoms with Crippen molar-refractivity contribution < 1.29 is 14.1 Å². The minimum Gasteiger partial charge on any atom is -0.355 e. The molecule has 4 rings (SSSR count). The molecule has 0 saturated heterocycles. The fraction of sp³-hybridized carbons (Fsp3) is 0.0909. The van der Waals surface area contributed by atoms with Crippen molar-refractivity contribution in [2.45, 2.75) is 6.54 Å². The average molecular weight is 386 g/mol. The molecular formula is C22H18N4O3. The number of nitrogens with one attached hydrogen (secondary N) is 2. The maximum atomic E-state index is 12.5. The van der Waals surface area contributed by atoms with Gasteiger partial charge in [0, 0.05) is 17.3 Å². The van der Waals surface area contributed by atoms with Crippen molar-refractivity contribution in [3.8, 4) is 11.3 Å². The van der Waals surface area contributed by atoms with Crippen molar-refractivity contribution in [1.82, 2.24) is 20.8 Å². The molecule has 144 valence electrons. The monoisotopic (exact) mass is 386 g/mol. The minimum absolute atomic E-state index is 0.126. The van der Waals surface area contributed by atoms with Crippen LogP contribution in [0.3, 0.4) is 0 Å². The SMILES string of the molecule is O=C(CNC(=O)c1ccc2noc(-c3ccccc3)c2c1)NCc1ccccn1. The number of hydrogen-bond donors (Lipinski definition) is 2. The van der Waals surface area contributed by atoms with E-state index >= 15 is 0 Å². The third-order valence-electron chi connectivity index (χ3n) is 4.38. The zero-order valence-electron chi connectivity index (χ0n) is 15.5. The molecule has 0 bridgehead atoms. The molecule has 0 radical (unpaired) electrons. The van der Waals surface area contributed by atoms with Crippen LogP contribution in [-0.4, -0.2) is 28.5 Å². The summed E-state index contributed by atoms with van der Waals surface area (Å²) in [7, 11) is 0. The fourth-order valence-corrected chi connectivity index (χ4v) is 2.90. The number of carbonyl (C=O) groups is 2. The van der Waals surface area contributed by atoms with Crippen LogP contribution in [0.2, 0.25) is 0 Å². The number of nitrogens with zero attached hydrogens (tertiary/aromatic N) is 2. The van der Waals surface area contributed by atoms with Gasteiger partial charge < -0.3 is 15.2 Å². The van der Waals surface area contributed by atoms with E-state index in [1.165, 1.54) is 0 Å². The second-order valence-electron chi connectivity index (χ2n) is 6.39. The van der Waals surface area contributed by atoms with Gasteiger partial charge in [-0.15, -0.1) is 0 Å². The Balaban J connectivity index is 1.41. The lowest BCUT2D eigenvalue weighted by atomic mass is 10.1. The standard InChI is InChI=1S/C22H18N4O3/c27-20(24-13-17-8-4-5-11-23-17)14-25-22(28)16-9-10-19-18(12-16)21(29-26-19)15-6-2-1-3-7-15/h1-12H,13-14H2,(H,24,27)(H,25,28). The second-order valence-corrected chi connectivity index (χ2v) is 6.39. The van der Waals surface area contributed by atoms with Crippen LogP contribution in [0.1, 0.15) is 16.1 Å². The molecule has 2 N–H and O–H groups in total. The number of hydrogen-bond acceptors (Lipinski definition) is 5. The lowest BCUT2D eigenvalue weighted by Crippen LogP contribution is -2.36. The van der Waals surface area contributed by atoms with Gasteiger partial charge in [-0.05, 0) is 30.3 Å². The summed E-state index contributed by atoms with van der Waals surface area (Å²) in [5.41, 5.74) is 2.71. The van der Waals surface area contributed by atoms with E-state index in [4.69, 9.17) is 4.52 Å². The predicted molar refractivity (Wildman–Crippen MR) is 108 cm³/mol. The first-order chi connectivity index (χ1) is 14.2. The molecule has 4 aromatic rings. The predicted octanol–water partition coefficient (Wildman–Crippen LogP) is 2.94. The summed E-state index contributed by atoms with van der Waals surface area (Å²) in [5.74, 6) is -0.0384. The summed E-state index contributed by atoms with van der Waals surface area (Å²) in [4.78, 5) is 28.6. The molecule has 2 heterocycles. The van der Waals surface area contributed by atoms with E-state index in [9.17, 15) is 9.59 Å². The van der Waals surface area contributed by atoms with Gasteiger partial charge in [0.05, 0.1) is 24.2 Å². The minimum atomic E-state index is -0.347. The fourth-order valence-electron chi connectivity index (χ4n) is 2.90. The summed E-state index contributed by atoms with van der Waals surface area (Å²) in [6.45, 7) is 0.182. The van der Waals surface area contributed by atoms with E-state index in [2.05, 4.69) is 20.8 Å². The van der Waals surface area contributed by atoms with E-state index in [1.54, 1.807) is 30.5 Å². The Labute approximate surface area is 166 Å². The number of rotatable bonds is 6. The smallest absolute Gasteiger partial charge is 0.251 e. The van der Waals surface area contributed by atoms with Crippen LogP contribution >= 0.6 is 0 Å². The van der Waals surface area contributed by atoms with Crippen LogP contribution in [-0.2, 0) is 11.3 Å². The molecule has 2 aromatic carbocycles. The molecule has 2 aromatic heterocycles. The molecule has 0 fully saturated rings. The highest BCUT2D eigenvalue weighted by molar-refractivity contribution is 6.01. The summed E-state index contributed by atoms with van der Waals surface area (Å²) in [6.07, 6.45) is 1.66. The van der Waals surface area contributed by atoms with Crippen molar-refractivity contribution in [3.63, 3.8) is 0 Å². The molecule has 0 saturated carbocycles. The van der Waals surface area contributed by atoms with Gasteiger partial charge in [-0.3, -0.25) is 14.6 Å². The van der Waals surface area contributed by atoms with Crippen molar-refractivity contribution in [3.05, 3.63) is 84.2 Å². The van der Waals surface area contributed by atoms with Crippen LogP contribution in [0.4, 0.5) is 0 Å². The van der Waals surface area contributed by atoms with Crippen LogP contribution in [0.25, 0.3) is 22.2 Å². The van der Waals surface area contributed by atoms with Gasteiger partial charge in [-0.2, -0.15) is 0 Å². The molecule has 0 spiro atoms. The molecule has 2 amide bonds. The summed E-state index contributed by atoms with van der Waals surface area (Å²) in [6, 6.07) is 20.1. The molecule has 7 nitrogen and oxygen atoms in total. The lowest BCUT2D eigenvalue weighted by molar-refractivity contribution is -0.120.